The zero-order valence-electron chi connectivity index (χ0n) is 7.40. The molecular weight excluding hydrogens is 180 g/mol. The molecule has 2 rings (SSSR count). The zero-order valence-corrected chi connectivity index (χ0v) is 8.21. The fourth-order valence-corrected chi connectivity index (χ4v) is 2.10. The lowest BCUT2D eigenvalue weighted by Crippen LogP contribution is -1.82. The number of hydrogen-bond donors (Lipinski definition) is 0. The lowest BCUT2D eigenvalue weighted by Gasteiger charge is -1.82. The van der Waals surface area contributed by atoms with Crippen LogP contribution in [0.1, 0.15) is 5.01 Å². The number of thiazole rings is 1. The molecule has 0 unspecified atom stereocenters. The van der Waals surface area contributed by atoms with E-state index in [0.717, 1.165) is 16.9 Å². The van der Waals surface area contributed by atoms with Crippen LogP contribution in [-0.2, 0) is 6.42 Å². The van der Waals surface area contributed by atoms with Gasteiger partial charge in [-0.2, -0.15) is 0 Å². The maximum Gasteiger partial charge on any atom is 0.0991 e. The van der Waals surface area contributed by atoms with Crippen LogP contribution in [0, 0.1) is 0 Å². The smallest absolute Gasteiger partial charge is 0.0991 e. The number of aliphatic imine (C=N–C) groups is 1. The van der Waals surface area contributed by atoms with Crippen molar-refractivity contribution in [3.63, 3.8) is 0 Å². The molecule has 0 N–H and O–H groups in total. The van der Waals surface area contributed by atoms with Crippen molar-refractivity contribution in [2.45, 2.75) is 6.42 Å². The third-order valence-corrected chi connectivity index (χ3v) is 2.85. The van der Waals surface area contributed by atoms with E-state index >= 15 is 0 Å². The molecule has 0 radical (unpaired) electrons. The molecule has 3 heteroatoms. The summed E-state index contributed by atoms with van der Waals surface area (Å²) in [7, 11) is 1.79. The summed E-state index contributed by atoms with van der Waals surface area (Å²) >= 11 is 1.73. The van der Waals surface area contributed by atoms with Crippen molar-refractivity contribution in [1.29, 1.82) is 0 Å². The Balaban J connectivity index is 2.38. The fraction of sp³-hybridized carbons (Fsp3) is 0.200. The molecule has 0 aliphatic carbocycles. The zero-order chi connectivity index (χ0) is 9.10. The molecule has 66 valence electrons. The maximum atomic E-state index is 4.48. The summed E-state index contributed by atoms with van der Waals surface area (Å²) in [6.07, 6.45) is 2.73. The van der Waals surface area contributed by atoms with Gasteiger partial charge in [-0.05, 0) is 12.1 Å². The number of fused-ring (bicyclic) bond motifs is 1. The third-order valence-electron chi connectivity index (χ3n) is 1.79. The standard InChI is InChI=1S/C10H10N2S/c1-11-7-6-10-12-8-4-2-3-5-9(8)13-10/h2-5,7H,6H2,1H3/b11-7+. The van der Waals surface area contributed by atoms with E-state index in [1.165, 1.54) is 4.70 Å². The number of benzene rings is 1. The van der Waals surface area contributed by atoms with Crippen LogP contribution < -0.4 is 0 Å². The molecule has 1 aromatic carbocycles. The molecule has 0 fully saturated rings. The average Bonchev–Trinajstić information content (AvgIpc) is 2.57. The number of aromatic nitrogens is 1. The van der Waals surface area contributed by atoms with Gasteiger partial charge in [0.1, 0.15) is 0 Å². The normalized spacial score (nSPS) is 11.5. The van der Waals surface area contributed by atoms with Crippen LogP contribution in [0.25, 0.3) is 10.2 Å². The number of nitrogens with zero attached hydrogens (tertiary/aromatic N) is 2. The molecule has 0 aliphatic rings. The average molecular weight is 190 g/mol. The number of para-hydroxylation sites is 1. The lowest BCUT2D eigenvalue weighted by atomic mass is 10.3. The molecule has 0 amide bonds. The van der Waals surface area contributed by atoms with Gasteiger partial charge in [0, 0.05) is 19.7 Å². The van der Waals surface area contributed by atoms with Crippen molar-refractivity contribution >= 4 is 27.8 Å². The molecule has 0 saturated heterocycles. The van der Waals surface area contributed by atoms with Crippen LogP contribution in [0.5, 0.6) is 0 Å². The van der Waals surface area contributed by atoms with Crippen LogP contribution in [0.4, 0.5) is 0 Å². The summed E-state index contributed by atoms with van der Waals surface area (Å²) in [5, 5.41) is 1.13. The highest BCUT2D eigenvalue weighted by molar-refractivity contribution is 7.18. The van der Waals surface area contributed by atoms with E-state index in [-0.39, 0.29) is 0 Å². The van der Waals surface area contributed by atoms with Gasteiger partial charge in [0.15, 0.2) is 0 Å². The van der Waals surface area contributed by atoms with Gasteiger partial charge in [-0.3, -0.25) is 0 Å². The first-order valence-electron chi connectivity index (χ1n) is 4.15. The highest BCUT2D eigenvalue weighted by Crippen LogP contribution is 2.21. The molecule has 0 bridgehead atoms. The second-order valence-corrected chi connectivity index (χ2v) is 3.84. The second kappa shape index (κ2) is 3.66. The van der Waals surface area contributed by atoms with Crippen molar-refractivity contribution in [3.8, 4) is 0 Å². The van der Waals surface area contributed by atoms with Crippen molar-refractivity contribution in [3.05, 3.63) is 29.3 Å². The van der Waals surface area contributed by atoms with Crippen LogP contribution in [-0.4, -0.2) is 18.2 Å². The van der Waals surface area contributed by atoms with Gasteiger partial charge in [-0.25, -0.2) is 4.98 Å². The Morgan fingerprint density at radius 3 is 3.08 bits per heavy atom. The first-order chi connectivity index (χ1) is 6.40. The predicted octanol–water partition coefficient (Wildman–Crippen LogP) is 2.54. The molecule has 2 nitrogen and oxygen atoms in total. The summed E-state index contributed by atoms with van der Waals surface area (Å²) < 4.78 is 1.25. The van der Waals surface area contributed by atoms with Gasteiger partial charge in [0.2, 0.25) is 0 Å². The molecule has 0 atom stereocenters. The van der Waals surface area contributed by atoms with E-state index in [0.29, 0.717) is 0 Å². The molecule has 1 aromatic heterocycles. The largest absolute Gasteiger partial charge is 0.300 e. The minimum Gasteiger partial charge on any atom is -0.300 e. The summed E-state index contributed by atoms with van der Waals surface area (Å²) in [6, 6.07) is 8.19. The SMILES string of the molecule is C/N=C/Cc1nc2ccccc2s1. The number of hydrogen-bond acceptors (Lipinski definition) is 3. The third kappa shape index (κ3) is 1.75. The Labute approximate surface area is 81.0 Å². The van der Waals surface area contributed by atoms with Gasteiger partial charge < -0.3 is 4.99 Å². The molecule has 1 heterocycles. The first-order valence-corrected chi connectivity index (χ1v) is 4.97. The Hall–Kier alpha value is -1.22. The van der Waals surface area contributed by atoms with Crippen LogP contribution >= 0.6 is 11.3 Å². The Kier molecular flexibility index (Phi) is 2.36. The van der Waals surface area contributed by atoms with Crippen molar-refractivity contribution < 1.29 is 0 Å². The second-order valence-electron chi connectivity index (χ2n) is 2.72. The predicted molar refractivity (Wildman–Crippen MR) is 57.7 cm³/mol. The summed E-state index contributed by atoms with van der Waals surface area (Å²) in [4.78, 5) is 8.42. The van der Waals surface area contributed by atoms with Crippen LogP contribution in [0.2, 0.25) is 0 Å². The van der Waals surface area contributed by atoms with Gasteiger partial charge in [0.25, 0.3) is 0 Å². The first kappa shape index (κ1) is 8.38. The highest BCUT2D eigenvalue weighted by Gasteiger charge is 2.00. The quantitative estimate of drug-likeness (QED) is 0.668. The Morgan fingerprint density at radius 1 is 1.46 bits per heavy atom. The molecule has 0 spiro atoms. The van der Waals surface area contributed by atoms with E-state index in [4.69, 9.17) is 0 Å². The van der Waals surface area contributed by atoms with E-state index in [1.54, 1.807) is 18.4 Å². The fourth-order valence-electron chi connectivity index (χ4n) is 1.18. The van der Waals surface area contributed by atoms with E-state index in [1.807, 2.05) is 24.4 Å². The molecule has 0 aliphatic heterocycles. The van der Waals surface area contributed by atoms with Crippen LogP contribution in [0.3, 0.4) is 0 Å². The van der Waals surface area contributed by atoms with Crippen LogP contribution in [0.15, 0.2) is 29.3 Å². The minimum atomic E-state index is 0.843. The minimum absolute atomic E-state index is 0.843. The Bertz CT molecular complexity index is 398. The summed E-state index contributed by atoms with van der Waals surface area (Å²) in [5.74, 6) is 0. The van der Waals surface area contributed by atoms with Crippen molar-refractivity contribution in [2.24, 2.45) is 4.99 Å². The van der Waals surface area contributed by atoms with E-state index in [2.05, 4.69) is 16.0 Å². The topological polar surface area (TPSA) is 25.2 Å². The van der Waals surface area contributed by atoms with Crippen molar-refractivity contribution in [1.82, 2.24) is 4.98 Å². The summed E-state index contributed by atoms with van der Waals surface area (Å²) in [6.45, 7) is 0. The number of rotatable bonds is 2. The lowest BCUT2D eigenvalue weighted by molar-refractivity contribution is 1.26. The van der Waals surface area contributed by atoms with Gasteiger partial charge in [0.05, 0.1) is 15.2 Å². The molecular formula is C10H10N2S. The van der Waals surface area contributed by atoms with Gasteiger partial charge in [-0.1, -0.05) is 12.1 Å². The van der Waals surface area contributed by atoms with Gasteiger partial charge >= 0.3 is 0 Å². The maximum absolute atomic E-state index is 4.48. The molecule has 2 aromatic rings. The molecule has 13 heavy (non-hydrogen) atoms. The monoisotopic (exact) mass is 190 g/mol. The van der Waals surface area contributed by atoms with Gasteiger partial charge in [-0.15, -0.1) is 11.3 Å². The molecule has 0 saturated carbocycles. The van der Waals surface area contributed by atoms with E-state index < -0.39 is 0 Å². The van der Waals surface area contributed by atoms with E-state index in [9.17, 15) is 0 Å². The summed E-state index contributed by atoms with van der Waals surface area (Å²) in [5.41, 5.74) is 1.09. The Morgan fingerprint density at radius 2 is 2.31 bits per heavy atom. The van der Waals surface area contributed by atoms with Crippen molar-refractivity contribution in [2.75, 3.05) is 7.05 Å². The highest BCUT2D eigenvalue weighted by atomic mass is 32.1.